The standard InChI is InChI=1S/C15H22ClN3O2/c1-17-12-4-6-13(7-5-12)18(2)10-11-3-8-14(16)15(9-11)19(20)21/h3,8-9,12-13,17H,4-7,10H2,1-2H3. The summed E-state index contributed by atoms with van der Waals surface area (Å²) < 4.78 is 0. The highest BCUT2D eigenvalue weighted by atomic mass is 35.5. The Hall–Kier alpha value is -1.17. The molecule has 1 aromatic rings. The van der Waals surface area contributed by atoms with Gasteiger partial charge in [-0.1, -0.05) is 17.7 Å². The molecule has 21 heavy (non-hydrogen) atoms. The fourth-order valence-corrected chi connectivity index (χ4v) is 3.21. The van der Waals surface area contributed by atoms with E-state index in [1.807, 2.05) is 13.1 Å². The minimum atomic E-state index is -0.427. The maximum Gasteiger partial charge on any atom is 0.288 e. The van der Waals surface area contributed by atoms with Gasteiger partial charge in [0.15, 0.2) is 0 Å². The lowest BCUT2D eigenvalue weighted by Crippen LogP contribution is -2.39. The molecule has 1 saturated carbocycles. The summed E-state index contributed by atoms with van der Waals surface area (Å²) in [6.45, 7) is 0.715. The minimum Gasteiger partial charge on any atom is -0.317 e. The Balaban J connectivity index is 1.98. The average Bonchev–Trinajstić information content (AvgIpc) is 2.49. The molecule has 0 aromatic heterocycles. The molecular formula is C15H22ClN3O2. The normalized spacial score (nSPS) is 22.5. The van der Waals surface area contributed by atoms with E-state index in [4.69, 9.17) is 11.6 Å². The van der Waals surface area contributed by atoms with Crippen LogP contribution < -0.4 is 5.32 Å². The molecule has 1 aromatic carbocycles. The highest BCUT2D eigenvalue weighted by Gasteiger charge is 2.23. The first-order valence-corrected chi connectivity index (χ1v) is 7.69. The van der Waals surface area contributed by atoms with Crippen LogP contribution >= 0.6 is 11.6 Å². The molecule has 0 saturated heterocycles. The fourth-order valence-electron chi connectivity index (χ4n) is 3.02. The van der Waals surface area contributed by atoms with Gasteiger partial charge in [0, 0.05) is 24.7 Å². The molecule has 5 nitrogen and oxygen atoms in total. The molecule has 0 radical (unpaired) electrons. The Bertz CT molecular complexity index is 502. The number of nitro benzene ring substituents is 1. The van der Waals surface area contributed by atoms with Crippen molar-refractivity contribution in [3.8, 4) is 0 Å². The van der Waals surface area contributed by atoms with Gasteiger partial charge in [-0.25, -0.2) is 0 Å². The van der Waals surface area contributed by atoms with Crippen LogP contribution in [0.2, 0.25) is 5.02 Å². The van der Waals surface area contributed by atoms with E-state index in [0.717, 1.165) is 18.4 Å². The predicted molar refractivity (Wildman–Crippen MR) is 84.7 cm³/mol. The summed E-state index contributed by atoms with van der Waals surface area (Å²) in [6.07, 6.45) is 4.70. The van der Waals surface area contributed by atoms with Crippen molar-refractivity contribution >= 4 is 17.3 Å². The van der Waals surface area contributed by atoms with Crippen molar-refractivity contribution < 1.29 is 4.92 Å². The quantitative estimate of drug-likeness (QED) is 0.670. The molecule has 0 unspecified atom stereocenters. The molecule has 1 N–H and O–H groups in total. The molecule has 0 atom stereocenters. The smallest absolute Gasteiger partial charge is 0.288 e. The van der Waals surface area contributed by atoms with Gasteiger partial charge < -0.3 is 5.32 Å². The number of nitrogens with zero attached hydrogens (tertiary/aromatic N) is 2. The first-order valence-electron chi connectivity index (χ1n) is 7.31. The Labute approximate surface area is 130 Å². The van der Waals surface area contributed by atoms with Gasteiger partial charge in [0.05, 0.1) is 4.92 Å². The second-order valence-electron chi connectivity index (χ2n) is 5.75. The first kappa shape index (κ1) is 16.2. The maximum absolute atomic E-state index is 10.9. The lowest BCUT2D eigenvalue weighted by molar-refractivity contribution is -0.384. The van der Waals surface area contributed by atoms with E-state index >= 15 is 0 Å². The van der Waals surface area contributed by atoms with Crippen LogP contribution in [0, 0.1) is 10.1 Å². The summed E-state index contributed by atoms with van der Waals surface area (Å²) in [6, 6.07) is 6.24. The Morgan fingerprint density at radius 3 is 2.62 bits per heavy atom. The van der Waals surface area contributed by atoms with Crippen LogP contribution in [-0.4, -0.2) is 36.0 Å². The van der Waals surface area contributed by atoms with Crippen molar-refractivity contribution in [2.24, 2.45) is 0 Å². The molecule has 0 bridgehead atoms. The molecule has 2 rings (SSSR count). The molecule has 1 aliphatic rings. The third kappa shape index (κ3) is 4.15. The van der Waals surface area contributed by atoms with Crippen LogP contribution in [0.15, 0.2) is 18.2 Å². The molecule has 1 fully saturated rings. The molecule has 0 amide bonds. The minimum absolute atomic E-state index is 0.0125. The zero-order chi connectivity index (χ0) is 15.4. The third-order valence-corrected chi connectivity index (χ3v) is 4.69. The highest BCUT2D eigenvalue weighted by Crippen LogP contribution is 2.27. The zero-order valence-corrected chi connectivity index (χ0v) is 13.3. The third-order valence-electron chi connectivity index (χ3n) is 4.37. The lowest BCUT2D eigenvalue weighted by Gasteiger charge is -2.34. The number of rotatable bonds is 5. The maximum atomic E-state index is 10.9. The van der Waals surface area contributed by atoms with Crippen molar-refractivity contribution in [1.82, 2.24) is 10.2 Å². The van der Waals surface area contributed by atoms with Crippen LogP contribution in [0.1, 0.15) is 31.2 Å². The van der Waals surface area contributed by atoms with Gasteiger partial charge in [0.1, 0.15) is 5.02 Å². The molecule has 116 valence electrons. The summed E-state index contributed by atoms with van der Waals surface area (Å²) in [7, 11) is 4.10. The van der Waals surface area contributed by atoms with Crippen LogP contribution in [0.5, 0.6) is 0 Å². The van der Waals surface area contributed by atoms with Crippen molar-refractivity contribution in [1.29, 1.82) is 0 Å². The molecule has 0 spiro atoms. The fraction of sp³-hybridized carbons (Fsp3) is 0.600. The van der Waals surface area contributed by atoms with E-state index in [1.54, 1.807) is 12.1 Å². The molecular weight excluding hydrogens is 290 g/mol. The number of hydrogen-bond acceptors (Lipinski definition) is 4. The number of nitrogens with one attached hydrogen (secondary N) is 1. The van der Waals surface area contributed by atoms with Crippen molar-refractivity contribution in [2.45, 2.75) is 44.3 Å². The summed E-state index contributed by atoms with van der Waals surface area (Å²) in [5.74, 6) is 0. The highest BCUT2D eigenvalue weighted by molar-refractivity contribution is 6.32. The van der Waals surface area contributed by atoms with Crippen molar-refractivity contribution in [3.05, 3.63) is 38.9 Å². The van der Waals surface area contributed by atoms with Gasteiger partial charge in [0.2, 0.25) is 0 Å². The summed E-state index contributed by atoms with van der Waals surface area (Å²) in [4.78, 5) is 12.8. The second kappa shape index (κ2) is 7.20. The lowest BCUT2D eigenvalue weighted by atomic mass is 9.90. The number of nitro groups is 1. The van der Waals surface area contributed by atoms with Crippen LogP contribution in [0.25, 0.3) is 0 Å². The first-order chi connectivity index (χ1) is 10.0. The van der Waals surface area contributed by atoms with E-state index in [2.05, 4.69) is 17.3 Å². The summed E-state index contributed by atoms with van der Waals surface area (Å²) in [5.41, 5.74) is 0.922. The number of halogens is 1. The Morgan fingerprint density at radius 1 is 1.38 bits per heavy atom. The molecule has 0 heterocycles. The van der Waals surface area contributed by atoms with E-state index in [9.17, 15) is 10.1 Å². The number of benzene rings is 1. The zero-order valence-electron chi connectivity index (χ0n) is 12.5. The van der Waals surface area contributed by atoms with Gasteiger partial charge >= 0.3 is 0 Å². The largest absolute Gasteiger partial charge is 0.317 e. The Kier molecular flexibility index (Phi) is 5.56. The van der Waals surface area contributed by atoms with E-state index < -0.39 is 4.92 Å². The van der Waals surface area contributed by atoms with Crippen molar-refractivity contribution in [2.75, 3.05) is 14.1 Å². The molecule has 1 aliphatic carbocycles. The second-order valence-corrected chi connectivity index (χ2v) is 6.16. The molecule has 0 aliphatic heterocycles. The Morgan fingerprint density at radius 2 is 2.05 bits per heavy atom. The van der Waals surface area contributed by atoms with E-state index in [0.29, 0.717) is 18.6 Å². The van der Waals surface area contributed by atoms with Gasteiger partial charge in [-0.15, -0.1) is 0 Å². The number of hydrogen-bond donors (Lipinski definition) is 1. The predicted octanol–water partition coefficient (Wildman–Crippen LogP) is 3.21. The van der Waals surface area contributed by atoms with Crippen LogP contribution in [-0.2, 0) is 6.54 Å². The molecule has 6 heteroatoms. The summed E-state index contributed by atoms with van der Waals surface area (Å²) in [5, 5.41) is 14.5. The van der Waals surface area contributed by atoms with Crippen LogP contribution in [0.4, 0.5) is 5.69 Å². The SMILES string of the molecule is CNC1CCC(N(C)Cc2ccc(Cl)c([N+](=O)[O-])c2)CC1. The van der Waals surface area contributed by atoms with Crippen molar-refractivity contribution in [3.63, 3.8) is 0 Å². The summed E-state index contributed by atoms with van der Waals surface area (Å²) >= 11 is 5.85. The average molecular weight is 312 g/mol. The van der Waals surface area contributed by atoms with Gasteiger partial charge in [-0.05, 0) is 51.4 Å². The van der Waals surface area contributed by atoms with Crippen LogP contribution in [0.3, 0.4) is 0 Å². The van der Waals surface area contributed by atoms with E-state index in [1.165, 1.54) is 12.8 Å². The van der Waals surface area contributed by atoms with E-state index in [-0.39, 0.29) is 10.7 Å². The van der Waals surface area contributed by atoms with Gasteiger partial charge in [0.25, 0.3) is 5.69 Å². The monoisotopic (exact) mass is 311 g/mol. The van der Waals surface area contributed by atoms with Gasteiger partial charge in [-0.2, -0.15) is 0 Å². The van der Waals surface area contributed by atoms with Gasteiger partial charge in [-0.3, -0.25) is 15.0 Å². The topological polar surface area (TPSA) is 58.4 Å².